The van der Waals surface area contributed by atoms with E-state index in [0.717, 1.165) is 6.42 Å². The lowest BCUT2D eigenvalue weighted by atomic mass is 9.33. The summed E-state index contributed by atoms with van der Waals surface area (Å²) >= 11 is 0. The van der Waals surface area contributed by atoms with Crippen LogP contribution in [-0.2, 0) is 33.5 Å². The molecule has 0 spiro atoms. The summed E-state index contributed by atoms with van der Waals surface area (Å²) in [7, 11) is 0. The maximum absolute atomic E-state index is 2.83. The average molecular weight is 970 g/mol. The molecule has 0 saturated heterocycles. The standard InChI is InChI=1S/C70H76BN3/c1-42-33-44(3)63-59(34-42)74(70(13)28-17-16-27-69(63,70)12)48-24-26-54-57(39-48)73(56-22-18-20-46-37-45-19-14-15-21-49(45)62(46)56)61-36-43(2)35-60-64(61)71(54)55-40-52-53(68(10,11)32-31-67(52,8)9)41-58(55)72(60)47-23-25-50-51(38-47)66(6,7)30-29-65(50,4)5/h14-15,18-26,33-36,38-41H,16-17,27-32,37H2,1-13H3. The van der Waals surface area contributed by atoms with E-state index in [9.17, 15) is 0 Å². The van der Waals surface area contributed by atoms with Crippen LogP contribution in [0.25, 0.3) is 11.1 Å². The summed E-state index contributed by atoms with van der Waals surface area (Å²) in [6.07, 6.45) is 10.6. The lowest BCUT2D eigenvalue weighted by Crippen LogP contribution is -2.62. The van der Waals surface area contributed by atoms with Gasteiger partial charge in [-0.15, -0.1) is 0 Å². The first-order chi connectivity index (χ1) is 35.1. The fraction of sp³-hybridized carbons (Fsp3) is 0.400. The second-order valence-corrected chi connectivity index (χ2v) is 27.6. The summed E-state index contributed by atoms with van der Waals surface area (Å²) < 4.78 is 0. The molecule has 3 heterocycles. The van der Waals surface area contributed by atoms with Crippen LogP contribution in [0.5, 0.6) is 0 Å². The van der Waals surface area contributed by atoms with E-state index in [0.29, 0.717) is 0 Å². The summed E-state index contributed by atoms with van der Waals surface area (Å²) in [6.45, 7) is 32.2. The highest BCUT2D eigenvalue weighted by molar-refractivity contribution is 7.00. The van der Waals surface area contributed by atoms with Crippen LogP contribution < -0.4 is 31.1 Å². The van der Waals surface area contributed by atoms with Crippen LogP contribution in [-0.4, -0.2) is 12.3 Å². The molecule has 0 N–H and O–H groups in total. The van der Waals surface area contributed by atoms with Gasteiger partial charge in [0.05, 0.1) is 11.2 Å². The minimum absolute atomic E-state index is 0.0289. The number of benzene rings is 7. The van der Waals surface area contributed by atoms with Crippen molar-refractivity contribution in [3.63, 3.8) is 0 Å². The predicted molar refractivity (Wildman–Crippen MR) is 316 cm³/mol. The number of aryl methyl sites for hydroxylation is 3. The number of anilines is 8. The normalized spacial score (nSPS) is 23.4. The Morgan fingerprint density at radius 1 is 0.432 bits per heavy atom. The van der Waals surface area contributed by atoms with E-state index in [1.165, 1.54) is 174 Å². The summed E-state index contributed by atoms with van der Waals surface area (Å²) in [5, 5.41) is 0. The molecule has 7 aromatic carbocycles. The van der Waals surface area contributed by atoms with Crippen LogP contribution in [0.15, 0.2) is 115 Å². The topological polar surface area (TPSA) is 9.72 Å². The van der Waals surface area contributed by atoms with Gasteiger partial charge in [0.2, 0.25) is 0 Å². The van der Waals surface area contributed by atoms with Crippen molar-refractivity contribution in [1.29, 1.82) is 0 Å². The second-order valence-electron chi connectivity index (χ2n) is 27.6. The van der Waals surface area contributed by atoms with Gasteiger partial charge in [-0.1, -0.05) is 136 Å². The molecule has 3 nitrogen and oxygen atoms in total. The van der Waals surface area contributed by atoms with Crippen molar-refractivity contribution in [3.05, 3.63) is 171 Å². The van der Waals surface area contributed by atoms with Crippen molar-refractivity contribution in [2.75, 3.05) is 14.7 Å². The Kier molecular flexibility index (Phi) is 9.50. The molecule has 1 fully saturated rings. The van der Waals surface area contributed by atoms with Gasteiger partial charge in [0.15, 0.2) is 0 Å². The monoisotopic (exact) mass is 970 g/mol. The Balaban J connectivity index is 1.09. The van der Waals surface area contributed by atoms with Crippen molar-refractivity contribution < 1.29 is 0 Å². The number of rotatable bonds is 3. The molecular formula is C70H76BN3. The summed E-state index contributed by atoms with van der Waals surface area (Å²) in [5.41, 5.74) is 32.4. The summed E-state index contributed by atoms with van der Waals surface area (Å²) in [4.78, 5) is 8.31. The van der Waals surface area contributed by atoms with Crippen molar-refractivity contribution in [2.24, 2.45) is 0 Å². The zero-order valence-corrected chi connectivity index (χ0v) is 46.8. The van der Waals surface area contributed by atoms with Crippen molar-refractivity contribution in [2.45, 2.75) is 180 Å². The first-order valence-corrected chi connectivity index (χ1v) is 28.5. The third-order valence-corrected chi connectivity index (χ3v) is 21.1. The number of nitrogens with zero attached hydrogens (tertiary/aromatic N) is 3. The fourth-order valence-corrected chi connectivity index (χ4v) is 16.7. The molecular weight excluding hydrogens is 894 g/mol. The molecule has 4 heteroatoms. The van der Waals surface area contributed by atoms with E-state index < -0.39 is 0 Å². The molecule has 0 radical (unpaired) electrons. The zero-order chi connectivity index (χ0) is 51.4. The summed E-state index contributed by atoms with van der Waals surface area (Å²) in [5.74, 6) is 0. The summed E-state index contributed by atoms with van der Waals surface area (Å²) in [6, 6.07) is 47.2. The Labute approximate surface area is 443 Å². The first-order valence-electron chi connectivity index (χ1n) is 28.5. The minimum Gasteiger partial charge on any atom is -0.334 e. The zero-order valence-electron chi connectivity index (χ0n) is 46.8. The Morgan fingerprint density at radius 2 is 1.03 bits per heavy atom. The molecule has 74 heavy (non-hydrogen) atoms. The smallest absolute Gasteiger partial charge is 0.252 e. The molecule has 7 aliphatic rings. The Bertz CT molecular complexity index is 3610. The minimum atomic E-state index is -0.0670. The SMILES string of the molecule is Cc1cc2c3c(c1)N(c1cccc4c1-c1ccccc1C4)c1cc(N4c5cc(C)cc(C)c5C5(C)CCCCC45C)ccc1B3c1cc3c(cc1N2c1ccc2c(c1)C(C)(C)CCC2(C)C)C(C)(C)CCC3(C)C. The molecule has 0 amide bonds. The van der Waals surface area contributed by atoms with Gasteiger partial charge in [0.1, 0.15) is 0 Å². The van der Waals surface area contributed by atoms with Gasteiger partial charge >= 0.3 is 0 Å². The van der Waals surface area contributed by atoms with Crippen LogP contribution in [0.3, 0.4) is 0 Å². The maximum Gasteiger partial charge on any atom is 0.252 e. The molecule has 0 aromatic heterocycles. The van der Waals surface area contributed by atoms with Gasteiger partial charge in [0, 0.05) is 50.8 Å². The molecule has 2 unspecified atom stereocenters. The molecule has 14 rings (SSSR count). The van der Waals surface area contributed by atoms with E-state index in [1.54, 1.807) is 5.56 Å². The van der Waals surface area contributed by atoms with Crippen LogP contribution in [0.4, 0.5) is 45.5 Å². The van der Waals surface area contributed by atoms with Crippen LogP contribution in [0.1, 0.15) is 176 Å². The van der Waals surface area contributed by atoms with Crippen LogP contribution in [0, 0.1) is 20.8 Å². The quantitative estimate of drug-likeness (QED) is 0.163. The fourth-order valence-electron chi connectivity index (χ4n) is 16.7. The van der Waals surface area contributed by atoms with E-state index in [2.05, 4.69) is 220 Å². The van der Waals surface area contributed by atoms with E-state index in [1.807, 2.05) is 0 Å². The van der Waals surface area contributed by atoms with Crippen molar-refractivity contribution in [1.82, 2.24) is 0 Å². The Morgan fingerprint density at radius 3 is 1.77 bits per heavy atom. The van der Waals surface area contributed by atoms with E-state index in [4.69, 9.17) is 0 Å². The molecule has 3 aliphatic heterocycles. The maximum atomic E-state index is 2.83. The highest BCUT2D eigenvalue weighted by Crippen LogP contribution is 2.63. The number of hydrogen-bond acceptors (Lipinski definition) is 3. The van der Waals surface area contributed by atoms with Crippen LogP contribution >= 0.6 is 0 Å². The van der Waals surface area contributed by atoms with Crippen molar-refractivity contribution >= 4 is 68.6 Å². The lowest BCUT2D eigenvalue weighted by molar-refractivity contribution is 0.194. The third-order valence-electron chi connectivity index (χ3n) is 21.1. The average Bonchev–Trinajstić information content (AvgIpc) is 3.86. The van der Waals surface area contributed by atoms with Crippen molar-refractivity contribution in [3.8, 4) is 11.1 Å². The van der Waals surface area contributed by atoms with Crippen LogP contribution in [0.2, 0.25) is 0 Å². The second kappa shape index (κ2) is 15.1. The molecule has 0 bridgehead atoms. The predicted octanol–water partition coefficient (Wildman–Crippen LogP) is 16.7. The van der Waals surface area contributed by atoms with Gasteiger partial charge in [-0.25, -0.2) is 0 Å². The lowest BCUT2D eigenvalue weighted by Gasteiger charge is -2.51. The molecule has 1 saturated carbocycles. The van der Waals surface area contributed by atoms with E-state index >= 15 is 0 Å². The Hall–Kier alpha value is -6.00. The largest absolute Gasteiger partial charge is 0.334 e. The van der Waals surface area contributed by atoms with E-state index in [-0.39, 0.29) is 39.3 Å². The number of hydrogen-bond donors (Lipinski definition) is 0. The van der Waals surface area contributed by atoms with Gasteiger partial charge in [-0.05, 0) is 226 Å². The number of fused-ring (bicyclic) bond motifs is 12. The molecule has 7 aromatic rings. The van der Waals surface area contributed by atoms with Gasteiger partial charge in [-0.2, -0.15) is 0 Å². The molecule has 4 aliphatic carbocycles. The molecule has 2 atom stereocenters. The van der Waals surface area contributed by atoms with Gasteiger partial charge in [-0.3, -0.25) is 0 Å². The first kappa shape index (κ1) is 46.5. The molecule has 374 valence electrons. The van der Waals surface area contributed by atoms with Gasteiger partial charge in [0.25, 0.3) is 6.71 Å². The third kappa shape index (κ3) is 6.15. The highest BCUT2D eigenvalue weighted by Gasteiger charge is 2.59. The van der Waals surface area contributed by atoms with Gasteiger partial charge < -0.3 is 14.7 Å². The highest BCUT2D eigenvalue weighted by atomic mass is 15.3.